The second-order valence-corrected chi connectivity index (χ2v) is 4.36. The molecule has 2 rings (SSSR count). The molecule has 2 aromatic rings. The van der Waals surface area contributed by atoms with E-state index in [1.807, 2.05) is 12.1 Å². The van der Waals surface area contributed by atoms with Crippen LogP contribution in [-0.4, -0.2) is 17.3 Å². The lowest BCUT2D eigenvalue weighted by atomic mass is 10.0. The van der Waals surface area contributed by atoms with Crippen LogP contribution in [0.15, 0.2) is 24.4 Å². The van der Waals surface area contributed by atoms with Crippen LogP contribution in [0.4, 0.5) is 0 Å². The van der Waals surface area contributed by atoms with Crippen LogP contribution < -0.4 is 4.74 Å². The van der Waals surface area contributed by atoms with Crippen molar-refractivity contribution in [1.82, 2.24) is 10.2 Å². The maximum Gasteiger partial charge on any atom is 0.129 e. The van der Waals surface area contributed by atoms with E-state index in [9.17, 15) is 0 Å². The van der Waals surface area contributed by atoms with Gasteiger partial charge < -0.3 is 4.74 Å². The molecule has 0 unspecified atom stereocenters. The number of methoxy groups -OCH3 is 1. The zero-order valence-electron chi connectivity index (χ0n) is 10.1. The monoisotopic (exact) mass is 246 g/mol. The van der Waals surface area contributed by atoms with Crippen molar-refractivity contribution in [3.05, 3.63) is 40.2 Å². The van der Waals surface area contributed by atoms with E-state index < -0.39 is 0 Å². The van der Waals surface area contributed by atoms with Gasteiger partial charge in [-0.15, -0.1) is 0 Å². The minimum absolute atomic E-state index is 0.614. The quantitative estimate of drug-likeness (QED) is 0.825. The van der Waals surface area contributed by atoms with Crippen molar-refractivity contribution in [1.29, 1.82) is 0 Å². The normalized spacial score (nSPS) is 10.3. The number of rotatable bonds is 2. The van der Waals surface area contributed by atoms with Gasteiger partial charge in [0.25, 0.3) is 0 Å². The van der Waals surface area contributed by atoms with E-state index in [-0.39, 0.29) is 0 Å². The van der Waals surface area contributed by atoms with Crippen molar-refractivity contribution in [2.75, 3.05) is 7.11 Å². The summed E-state index contributed by atoms with van der Waals surface area (Å²) >= 11 is 5.08. The van der Waals surface area contributed by atoms with Crippen molar-refractivity contribution >= 4 is 12.2 Å². The number of nitrogens with zero attached hydrogens (tertiary/aromatic N) is 1. The van der Waals surface area contributed by atoms with Crippen LogP contribution in [0.2, 0.25) is 0 Å². The molecule has 0 saturated heterocycles. The van der Waals surface area contributed by atoms with Gasteiger partial charge in [-0.2, -0.15) is 5.10 Å². The molecule has 0 atom stereocenters. The largest absolute Gasteiger partial charge is 0.496 e. The molecule has 1 heterocycles. The van der Waals surface area contributed by atoms with Gasteiger partial charge in [-0.25, -0.2) is 0 Å². The topological polar surface area (TPSA) is 37.9 Å². The average molecular weight is 246 g/mol. The lowest BCUT2D eigenvalue weighted by Crippen LogP contribution is -1.94. The zero-order chi connectivity index (χ0) is 12.4. The number of benzene rings is 1. The molecule has 0 radical (unpaired) electrons. The van der Waals surface area contributed by atoms with Crippen LogP contribution in [-0.2, 0) is 0 Å². The van der Waals surface area contributed by atoms with Gasteiger partial charge in [0.15, 0.2) is 0 Å². The lowest BCUT2D eigenvalue weighted by Gasteiger charge is -2.13. The van der Waals surface area contributed by atoms with Gasteiger partial charge in [0.05, 0.1) is 13.3 Å². The van der Waals surface area contributed by atoms with Crippen LogP contribution in [0.3, 0.4) is 0 Å². The maximum absolute atomic E-state index is 5.48. The second kappa shape index (κ2) is 4.67. The Balaban J connectivity index is 2.68. The molecule has 0 spiro atoms. The molecular formula is C13H14N2OS. The summed E-state index contributed by atoms with van der Waals surface area (Å²) in [5.74, 6) is 0.882. The summed E-state index contributed by atoms with van der Waals surface area (Å²) in [6, 6.07) is 5.99. The van der Waals surface area contributed by atoms with Gasteiger partial charge in [0, 0.05) is 11.1 Å². The predicted molar refractivity (Wildman–Crippen MR) is 70.9 cm³/mol. The molecule has 1 N–H and O–H groups in total. The van der Waals surface area contributed by atoms with Crippen LogP contribution in [0.25, 0.3) is 11.1 Å². The first-order chi connectivity index (χ1) is 8.13. The van der Waals surface area contributed by atoms with E-state index >= 15 is 0 Å². The number of aryl methyl sites for hydroxylation is 1. The fourth-order valence-corrected chi connectivity index (χ4v) is 1.98. The lowest BCUT2D eigenvalue weighted by molar-refractivity contribution is 0.413. The van der Waals surface area contributed by atoms with E-state index in [4.69, 9.17) is 17.0 Å². The summed E-state index contributed by atoms with van der Waals surface area (Å²) in [4.78, 5) is 0. The third kappa shape index (κ3) is 2.22. The number of hydrogen-bond acceptors (Lipinski definition) is 3. The van der Waals surface area contributed by atoms with E-state index in [1.165, 1.54) is 5.56 Å². The molecule has 0 aliphatic rings. The smallest absolute Gasteiger partial charge is 0.129 e. The summed E-state index contributed by atoms with van der Waals surface area (Å²) in [6.45, 7) is 4.12. The Hall–Kier alpha value is -1.68. The fourth-order valence-electron chi connectivity index (χ4n) is 1.80. The zero-order valence-corrected chi connectivity index (χ0v) is 10.9. The van der Waals surface area contributed by atoms with Gasteiger partial charge in [-0.05, 0) is 31.0 Å². The van der Waals surface area contributed by atoms with Crippen molar-refractivity contribution in [3.8, 4) is 16.9 Å². The van der Waals surface area contributed by atoms with Gasteiger partial charge in [-0.3, -0.25) is 5.10 Å². The summed E-state index contributed by atoms with van der Waals surface area (Å²) < 4.78 is 6.09. The summed E-state index contributed by atoms with van der Waals surface area (Å²) in [6.07, 6.45) is 1.75. The molecule has 1 aromatic carbocycles. The highest BCUT2D eigenvalue weighted by Crippen LogP contribution is 2.33. The van der Waals surface area contributed by atoms with Crippen LogP contribution >= 0.6 is 12.2 Å². The number of ether oxygens (including phenoxy) is 1. The molecule has 0 aliphatic heterocycles. The number of H-pyrrole nitrogens is 1. The minimum Gasteiger partial charge on any atom is -0.496 e. The Morgan fingerprint density at radius 2 is 2.06 bits per heavy atom. The van der Waals surface area contributed by atoms with Crippen LogP contribution in [0, 0.1) is 18.5 Å². The third-order valence-electron chi connectivity index (χ3n) is 2.86. The molecule has 4 heteroatoms. The molecule has 0 fully saturated rings. The van der Waals surface area contributed by atoms with Crippen LogP contribution in [0.5, 0.6) is 5.75 Å². The standard InChI is InChI=1S/C13H14N2OS/c1-8-4-5-11(13(16-3)9(8)2)10-6-12(17)15-14-7-10/h4-7H,1-3H3,(H,15,17). The Morgan fingerprint density at radius 3 is 2.71 bits per heavy atom. The molecule has 3 nitrogen and oxygen atoms in total. The highest BCUT2D eigenvalue weighted by molar-refractivity contribution is 7.71. The SMILES string of the molecule is COc1c(-c2cn[nH]c(=S)c2)ccc(C)c1C. The summed E-state index contributed by atoms with van der Waals surface area (Å²) in [7, 11) is 1.68. The van der Waals surface area contributed by atoms with Crippen LogP contribution in [0.1, 0.15) is 11.1 Å². The molecule has 1 aromatic heterocycles. The molecule has 0 amide bonds. The Labute approximate surface area is 105 Å². The van der Waals surface area contributed by atoms with E-state index in [2.05, 4.69) is 30.1 Å². The number of aromatic nitrogens is 2. The van der Waals surface area contributed by atoms with Gasteiger partial charge in [0.1, 0.15) is 10.4 Å². The molecule has 0 bridgehead atoms. The predicted octanol–water partition coefficient (Wildman–Crippen LogP) is 3.43. The van der Waals surface area contributed by atoms with Crippen molar-refractivity contribution < 1.29 is 4.74 Å². The van der Waals surface area contributed by atoms with E-state index in [0.717, 1.165) is 22.4 Å². The summed E-state index contributed by atoms with van der Waals surface area (Å²) in [5.41, 5.74) is 4.33. The maximum atomic E-state index is 5.48. The third-order valence-corrected chi connectivity index (χ3v) is 3.07. The highest BCUT2D eigenvalue weighted by Gasteiger charge is 2.10. The number of nitrogens with one attached hydrogen (secondary N) is 1. The summed E-state index contributed by atoms with van der Waals surface area (Å²) in [5, 5.41) is 6.73. The van der Waals surface area contributed by atoms with E-state index in [0.29, 0.717) is 4.64 Å². The van der Waals surface area contributed by atoms with Gasteiger partial charge >= 0.3 is 0 Å². The minimum atomic E-state index is 0.614. The molecular weight excluding hydrogens is 232 g/mol. The number of aromatic amines is 1. The Kier molecular flexibility index (Phi) is 3.24. The van der Waals surface area contributed by atoms with Crippen molar-refractivity contribution in [2.24, 2.45) is 0 Å². The molecule has 17 heavy (non-hydrogen) atoms. The molecule has 88 valence electrons. The van der Waals surface area contributed by atoms with E-state index in [1.54, 1.807) is 13.3 Å². The van der Waals surface area contributed by atoms with Gasteiger partial charge in [0.2, 0.25) is 0 Å². The first-order valence-corrected chi connectivity index (χ1v) is 5.73. The van der Waals surface area contributed by atoms with Crippen molar-refractivity contribution in [3.63, 3.8) is 0 Å². The highest BCUT2D eigenvalue weighted by atomic mass is 32.1. The average Bonchev–Trinajstić information content (AvgIpc) is 2.32. The first kappa shape index (κ1) is 11.8. The molecule has 0 saturated carbocycles. The first-order valence-electron chi connectivity index (χ1n) is 5.33. The Morgan fingerprint density at radius 1 is 1.29 bits per heavy atom. The second-order valence-electron chi connectivity index (χ2n) is 3.92. The molecule has 0 aliphatic carbocycles. The van der Waals surface area contributed by atoms with Gasteiger partial charge in [-0.1, -0.05) is 24.4 Å². The van der Waals surface area contributed by atoms with Crippen molar-refractivity contribution in [2.45, 2.75) is 13.8 Å². The fraction of sp³-hybridized carbons (Fsp3) is 0.231. The number of hydrogen-bond donors (Lipinski definition) is 1. The Bertz CT molecular complexity index is 605.